The summed E-state index contributed by atoms with van der Waals surface area (Å²) in [5, 5.41) is 2.57. The van der Waals surface area contributed by atoms with Crippen molar-refractivity contribution in [1.29, 1.82) is 0 Å². The van der Waals surface area contributed by atoms with Gasteiger partial charge in [-0.1, -0.05) is 17.7 Å². The number of esters is 1. The number of carbonyl (C=O) groups is 4. The van der Waals surface area contributed by atoms with Gasteiger partial charge in [0.2, 0.25) is 0 Å². The number of rotatable bonds is 6. The average molecular weight is 445 g/mol. The number of benzene rings is 2. The fourth-order valence-electron chi connectivity index (χ4n) is 2.74. The number of urea groups is 1. The number of amides is 4. The Morgan fingerprint density at radius 1 is 1.06 bits per heavy atom. The summed E-state index contributed by atoms with van der Waals surface area (Å²) in [7, 11) is 2.64. The van der Waals surface area contributed by atoms with Crippen molar-refractivity contribution in [3.05, 3.63) is 58.6 Å². The van der Waals surface area contributed by atoms with Crippen LogP contribution in [-0.4, -0.2) is 44.6 Å². The molecule has 0 spiro atoms. The molecule has 0 aliphatic carbocycles. The van der Waals surface area contributed by atoms with Gasteiger partial charge < -0.3 is 14.2 Å². The zero-order valence-corrected chi connectivity index (χ0v) is 17.3. The summed E-state index contributed by atoms with van der Waals surface area (Å²) in [5.74, 6) is -1.64. The van der Waals surface area contributed by atoms with E-state index in [4.69, 9.17) is 21.1 Å². The smallest absolute Gasteiger partial charge is 0.343 e. The number of hydrogen-bond donors (Lipinski definition) is 1. The highest BCUT2D eigenvalue weighted by molar-refractivity contribution is 6.39. The first-order chi connectivity index (χ1) is 14.8. The molecule has 1 saturated heterocycles. The maximum Gasteiger partial charge on any atom is 0.343 e. The van der Waals surface area contributed by atoms with Gasteiger partial charge >= 0.3 is 12.0 Å². The summed E-state index contributed by atoms with van der Waals surface area (Å²) >= 11 is 5.85. The van der Waals surface area contributed by atoms with E-state index in [2.05, 4.69) is 10.1 Å². The average Bonchev–Trinajstić information content (AvgIpc) is 2.76. The van der Waals surface area contributed by atoms with Gasteiger partial charge in [0, 0.05) is 5.02 Å². The lowest BCUT2D eigenvalue weighted by Crippen LogP contribution is -2.54. The number of carbonyl (C=O) groups excluding carboxylic acids is 4. The fourth-order valence-corrected chi connectivity index (χ4v) is 2.86. The van der Waals surface area contributed by atoms with E-state index in [1.165, 1.54) is 56.7 Å². The highest BCUT2D eigenvalue weighted by Crippen LogP contribution is 2.30. The molecule has 0 aromatic heterocycles. The van der Waals surface area contributed by atoms with Crippen LogP contribution in [0.1, 0.15) is 5.56 Å². The third-order valence-electron chi connectivity index (χ3n) is 4.26. The Bertz CT molecular complexity index is 1080. The maximum absolute atomic E-state index is 12.9. The normalized spacial score (nSPS) is 15.0. The second kappa shape index (κ2) is 9.31. The van der Waals surface area contributed by atoms with E-state index in [1.807, 2.05) is 0 Å². The summed E-state index contributed by atoms with van der Waals surface area (Å²) in [4.78, 5) is 49.5. The number of halogens is 1. The largest absolute Gasteiger partial charge is 0.493 e. The first-order valence-electron chi connectivity index (χ1n) is 8.88. The van der Waals surface area contributed by atoms with E-state index < -0.39 is 23.8 Å². The van der Waals surface area contributed by atoms with Crippen LogP contribution in [-0.2, 0) is 19.1 Å². The van der Waals surface area contributed by atoms with Crippen molar-refractivity contribution in [2.45, 2.75) is 0 Å². The topological polar surface area (TPSA) is 111 Å². The lowest BCUT2D eigenvalue weighted by atomic mass is 10.1. The third kappa shape index (κ3) is 4.84. The van der Waals surface area contributed by atoms with Crippen molar-refractivity contribution in [2.75, 3.05) is 25.7 Å². The third-order valence-corrected chi connectivity index (χ3v) is 4.51. The molecular formula is C21H17ClN2O7. The van der Waals surface area contributed by atoms with Crippen LogP contribution >= 0.6 is 11.6 Å². The number of anilines is 1. The van der Waals surface area contributed by atoms with E-state index in [0.29, 0.717) is 10.6 Å². The van der Waals surface area contributed by atoms with Gasteiger partial charge in [-0.15, -0.1) is 0 Å². The molecule has 2 aromatic rings. The van der Waals surface area contributed by atoms with Gasteiger partial charge in [0.1, 0.15) is 5.57 Å². The molecule has 10 heteroatoms. The molecule has 1 fully saturated rings. The van der Waals surface area contributed by atoms with Crippen molar-refractivity contribution in [1.82, 2.24) is 5.32 Å². The lowest BCUT2D eigenvalue weighted by molar-refractivity contribution is -0.143. The number of ether oxygens (including phenoxy) is 3. The summed E-state index contributed by atoms with van der Waals surface area (Å²) in [6.45, 7) is -0.313. The molecule has 0 bridgehead atoms. The van der Waals surface area contributed by atoms with Crippen LogP contribution in [0.25, 0.3) is 6.08 Å². The fraction of sp³-hybridized carbons (Fsp3) is 0.143. The van der Waals surface area contributed by atoms with E-state index in [1.54, 1.807) is 6.07 Å². The quantitative estimate of drug-likeness (QED) is 0.414. The van der Waals surface area contributed by atoms with Gasteiger partial charge in [-0.25, -0.2) is 14.5 Å². The van der Waals surface area contributed by atoms with Crippen molar-refractivity contribution < 1.29 is 33.4 Å². The number of nitrogens with zero attached hydrogens (tertiary/aromatic N) is 1. The first kappa shape index (κ1) is 21.8. The molecule has 31 heavy (non-hydrogen) atoms. The van der Waals surface area contributed by atoms with Crippen LogP contribution < -0.4 is 19.7 Å². The maximum atomic E-state index is 12.9. The molecular weight excluding hydrogens is 428 g/mol. The molecule has 0 saturated carbocycles. The summed E-state index contributed by atoms with van der Waals surface area (Å²) < 4.78 is 15.1. The van der Waals surface area contributed by atoms with Gasteiger partial charge in [-0.3, -0.25) is 14.9 Å². The number of hydrogen-bond acceptors (Lipinski definition) is 7. The lowest BCUT2D eigenvalue weighted by Gasteiger charge is -2.26. The molecule has 1 N–H and O–H groups in total. The predicted molar refractivity (Wildman–Crippen MR) is 111 cm³/mol. The number of imide groups is 2. The zero-order valence-electron chi connectivity index (χ0n) is 16.5. The van der Waals surface area contributed by atoms with Crippen LogP contribution in [0.4, 0.5) is 10.5 Å². The van der Waals surface area contributed by atoms with Crippen LogP contribution in [0.2, 0.25) is 5.02 Å². The minimum atomic E-state index is -0.862. The van der Waals surface area contributed by atoms with Gasteiger partial charge in [0.25, 0.3) is 11.8 Å². The molecule has 1 heterocycles. The molecule has 1 aliphatic rings. The Morgan fingerprint density at radius 2 is 1.77 bits per heavy atom. The Hall–Kier alpha value is -3.85. The van der Waals surface area contributed by atoms with Crippen molar-refractivity contribution in [3.8, 4) is 11.5 Å². The minimum Gasteiger partial charge on any atom is -0.493 e. The van der Waals surface area contributed by atoms with E-state index in [-0.39, 0.29) is 29.4 Å². The number of barbiturate groups is 1. The summed E-state index contributed by atoms with van der Waals surface area (Å²) in [6, 6.07) is 9.76. The number of nitrogens with one attached hydrogen (secondary N) is 1. The molecule has 3 rings (SSSR count). The van der Waals surface area contributed by atoms with Crippen LogP contribution in [0.3, 0.4) is 0 Å². The van der Waals surface area contributed by atoms with Crippen molar-refractivity contribution in [2.24, 2.45) is 0 Å². The Labute approximate surface area is 182 Å². The highest BCUT2D eigenvalue weighted by Gasteiger charge is 2.36. The number of methoxy groups -OCH3 is 2. The molecule has 2 aromatic carbocycles. The second-order valence-corrected chi connectivity index (χ2v) is 6.65. The van der Waals surface area contributed by atoms with Gasteiger partial charge in [0.05, 0.1) is 19.9 Å². The monoisotopic (exact) mass is 444 g/mol. The first-order valence-corrected chi connectivity index (χ1v) is 9.26. The molecule has 0 radical (unpaired) electrons. The van der Waals surface area contributed by atoms with Gasteiger partial charge in [-0.2, -0.15) is 0 Å². The van der Waals surface area contributed by atoms with E-state index >= 15 is 0 Å². The Kier molecular flexibility index (Phi) is 6.56. The van der Waals surface area contributed by atoms with Gasteiger partial charge in [0.15, 0.2) is 18.1 Å². The molecule has 9 nitrogen and oxygen atoms in total. The Balaban J connectivity index is 1.91. The second-order valence-electron chi connectivity index (χ2n) is 6.21. The van der Waals surface area contributed by atoms with Crippen LogP contribution in [0.15, 0.2) is 48.0 Å². The molecule has 4 amide bonds. The van der Waals surface area contributed by atoms with E-state index in [9.17, 15) is 19.2 Å². The minimum absolute atomic E-state index is 0.250. The summed E-state index contributed by atoms with van der Waals surface area (Å²) in [6.07, 6.45) is 1.32. The van der Waals surface area contributed by atoms with Crippen molar-refractivity contribution >= 4 is 47.2 Å². The van der Waals surface area contributed by atoms with Gasteiger partial charge in [-0.05, 0) is 48.0 Å². The van der Waals surface area contributed by atoms with E-state index in [0.717, 1.165) is 4.90 Å². The molecule has 1 aliphatic heterocycles. The van der Waals surface area contributed by atoms with Crippen molar-refractivity contribution in [3.63, 3.8) is 0 Å². The highest BCUT2D eigenvalue weighted by atomic mass is 35.5. The van der Waals surface area contributed by atoms with Crippen LogP contribution in [0.5, 0.6) is 11.5 Å². The standard InChI is InChI=1S/C21H17ClN2O7/c1-29-17-10-12(3-8-16(17)31-11-18(25)30-2)9-15-19(26)23-21(28)24(20(15)27)14-6-4-13(22)5-7-14/h3-10H,11H2,1-2H3,(H,23,26,28)/b15-9-. The predicted octanol–water partition coefficient (Wildman–Crippen LogP) is 2.57. The van der Waals surface area contributed by atoms with Crippen LogP contribution in [0, 0.1) is 0 Å². The SMILES string of the molecule is COC(=O)COc1ccc(/C=C2/C(=O)NC(=O)N(c3ccc(Cl)cc3)C2=O)cc1OC. The molecule has 0 unspecified atom stereocenters. The summed E-state index contributed by atoms with van der Waals surface area (Å²) in [5.41, 5.74) is 0.445. The molecule has 160 valence electrons. The zero-order chi connectivity index (χ0) is 22.5. The Morgan fingerprint density at radius 3 is 2.42 bits per heavy atom. The molecule has 0 atom stereocenters.